The van der Waals surface area contributed by atoms with Crippen molar-refractivity contribution >= 4 is 11.8 Å². The summed E-state index contributed by atoms with van der Waals surface area (Å²) in [5.74, 6) is -0.0181. The van der Waals surface area contributed by atoms with Crippen LogP contribution in [0.2, 0.25) is 0 Å². The fourth-order valence-electron chi connectivity index (χ4n) is 3.02. The van der Waals surface area contributed by atoms with Gasteiger partial charge in [0.15, 0.2) is 0 Å². The van der Waals surface area contributed by atoms with Gasteiger partial charge in [-0.1, -0.05) is 13.8 Å². The number of carbonyl (C=O) groups is 2. The highest BCUT2D eigenvalue weighted by atomic mass is 16.5. The van der Waals surface area contributed by atoms with E-state index in [1.165, 1.54) is 0 Å². The molecule has 2 rings (SSSR count). The van der Waals surface area contributed by atoms with Crippen LogP contribution in [0.4, 0.5) is 0 Å². The molecule has 2 amide bonds. The van der Waals surface area contributed by atoms with E-state index in [0.717, 1.165) is 45.4 Å². The molecular formula is C16H28N2O3. The molecule has 3 atom stereocenters. The highest BCUT2D eigenvalue weighted by Crippen LogP contribution is 2.40. The first-order valence-corrected chi connectivity index (χ1v) is 8.35. The molecule has 1 aliphatic carbocycles. The first kappa shape index (κ1) is 16.3. The molecule has 5 heteroatoms. The molecule has 3 unspecified atom stereocenters. The van der Waals surface area contributed by atoms with Crippen LogP contribution in [0.5, 0.6) is 0 Å². The summed E-state index contributed by atoms with van der Waals surface area (Å²) in [7, 11) is 0. The largest absolute Gasteiger partial charge is 0.376 e. The number of hydrogen-bond donors (Lipinski definition) is 1. The summed E-state index contributed by atoms with van der Waals surface area (Å²) >= 11 is 0. The zero-order chi connectivity index (χ0) is 15.2. The van der Waals surface area contributed by atoms with Gasteiger partial charge in [0.25, 0.3) is 0 Å². The molecule has 1 N–H and O–H groups in total. The van der Waals surface area contributed by atoms with Crippen LogP contribution < -0.4 is 5.32 Å². The summed E-state index contributed by atoms with van der Waals surface area (Å²) in [5.41, 5.74) is 0. The summed E-state index contributed by atoms with van der Waals surface area (Å²) in [6.45, 7) is 7.14. The maximum absolute atomic E-state index is 12.4. The minimum atomic E-state index is -0.116. The maximum atomic E-state index is 12.4. The molecule has 0 aromatic carbocycles. The minimum absolute atomic E-state index is 0.0248. The van der Waals surface area contributed by atoms with Crippen LogP contribution in [0.15, 0.2) is 0 Å². The number of carbonyl (C=O) groups excluding carboxylic acids is 2. The number of nitrogens with one attached hydrogen (secondary N) is 1. The van der Waals surface area contributed by atoms with Crippen molar-refractivity contribution in [3.63, 3.8) is 0 Å². The van der Waals surface area contributed by atoms with Crippen molar-refractivity contribution in [2.45, 2.75) is 52.1 Å². The highest BCUT2D eigenvalue weighted by molar-refractivity contribution is 5.92. The van der Waals surface area contributed by atoms with Gasteiger partial charge in [0, 0.05) is 26.2 Å². The molecule has 1 aliphatic heterocycles. The molecule has 1 heterocycles. The summed E-state index contributed by atoms with van der Waals surface area (Å²) in [6, 6.07) is 0. The number of ether oxygens (including phenoxy) is 1. The van der Waals surface area contributed by atoms with E-state index in [4.69, 9.17) is 4.74 Å². The number of nitrogens with zero attached hydrogens (tertiary/aromatic N) is 1. The van der Waals surface area contributed by atoms with E-state index in [9.17, 15) is 9.59 Å². The summed E-state index contributed by atoms with van der Waals surface area (Å²) in [4.78, 5) is 26.4. The first-order valence-electron chi connectivity index (χ1n) is 8.35. The average molecular weight is 296 g/mol. The Morgan fingerprint density at radius 1 is 1.19 bits per heavy atom. The Labute approximate surface area is 127 Å². The van der Waals surface area contributed by atoms with Crippen LogP contribution in [-0.2, 0) is 14.3 Å². The number of hydrogen-bond acceptors (Lipinski definition) is 3. The van der Waals surface area contributed by atoms with Gasteiger partial charge >= 0.3 is 0 Å². The molecule has 0 bridgehead atoms. The van der Waals surface area contributed by atoms with Crippen LogP contribution >= 0.6 is 0 Å². The van der Waals surface area contributed by atoms with Gasteiger partial charge in [0.05, 0.1) is 17.9 Å². The molecule has 0 aromatic heterocycles. The molecule has 1 saturated carbocycles. The third kappa shape index (κ3) is 4.43. The predicted octanol–water partition coefficient (Wildman–Crippen LogP) is 1.57. The van der Waals surface area contributed by atoms with Crippen molar-refractivity contribution in [1.82, 2.24) is 10.2 Å². The van der Waals surface area contributed by atoms with Crippen molar-refractivity contribution in [1.29, 1.82) is 0 Å². The lowest BCUT2D eigenvalue weighted by Crippen LogP contribution is -2.37. The molecule has 2 aliphatic rings. The number of amides is 2. The van der Waals surface area contributed by atoms with Crippen molar-refractivity contribution in [2.24, 2.45) is 11.8 Å². The second-order valence-electron chi connectivity index (χ2n) is 6.15. The number of rotatable bonds is 8. The van der Waals surface area contributed by atoms with Crippen molar-refractivity contribution in [3.05, 3.63) is 0 Å². The third-order valence-corrected chi connectivity index (χ3v) is 4.27. The van der Waals surface area contributed by atoms with Crippen molar-refractivity contribution in [2.75, 3.05) is 26.2 Å². The van der Waals surface area contributed by atoms with E-state index < -0.39 is 0 Å². The molecule has 21 heavy (non-hydrogen) atoms. The smallest absolute Gasteiger partial charge is 0.226 e. The van der Waals surface area contributed by atoms with Crippen molar-refractivity contribution in [3.8, 4) is 0 Å². The monoisotopic (exact) mass is 296 g/mol. The molecule has 5 nitrogen and oxygen atoms in total. The Kier molecular flexibility index (Phi) is 6.03. The van der Waals surface area contributed by atoms with Gasteiger partial charge in [-0.25, -0.2) is 0 Å². The van der Waals surface area contributed by atoms with E-state index in [-0.39, 0.29) is 29.8 Å². The standard InChI is InChI=1S/C16H28N2O3/c1-3-7-18(8-4-2)16(20)14-10-13(14)15(19)17-11-12-6-5-9-21-12/h12-14H,3-11H2,1-2H3,(H,17,19). The molecule has 1 saturated heterocycles. The van der Waals surface area contributed by atoms with E-state index in [2.05, 4.69) is 19.2 Å². The first-order chi connectivity index (χ1) is 10.2. The molecule has 0 aromatic rings. The second-order valence-corrected chi connectivity index (χ2v) is 6.15. The average Bonchev–Trinajstić information content (AvgIpc) is 3.11. The summed E-state index contributed by atoms with van der Waals surface area (Å²) < 4.78 is 5.49. The van der Waals surface area contributed by atoms with Gasteiger partial charge in [-0.15, -0.1) is 0 Å². The zero-order valence-corrected chi connectivity index (χ0v) is 13.3. The van der Waals surface area contributed by atoms with E-state index >= 15 is 0 Å². The van der Waals surface area contributed by atoms with Gasteiger partial charge in [0.2, 0.25) is 11.8 Å². The van der Waals surface area contributed by atoms with Gasteiger partial charge in [-0.05, 0) is 32.1 Å². The topological polar surface area (TPSA) is 58.6 Å². The van der Waals surface area contributed by atoms with E-state index in [1.807, 2.05) is 4.90 Å². The SMILES string of the molecule is CCCN(CCC)C(=O)C1CC1C(=O)NCC1CCCO1. The fourth-order valence-corrected chi connectivity index (χ4v) is 3.02. The van der Waals surface area contributed by atoms with E-state index in [0.29, 0.717) is 13.0 Å². The van der Waals surface area contributed by atoms with Gasteiger partial charge in [-0.3, -0.25) is 9.59 Å². The minimum Gasteiger partial charge on any atom is -0.376 e. The molecule has 2 fully saturated rings. The Morgan fingerprint density at radius 2 is 1.90 bits per heavy atom. The lowest BCUT2D eigenvalue weighted by atomic mass is 10.2. The highest BCUT2D eigenvalue weighted by Gasteiger charge is 2.49. The van der Waals surface area contributed by atoms with Gasteiger partial charge in [0.1, 0.15) is 0 Å². The quantitative estimate of drug-likeness (QED) is 0.739. The molecular weight excluding hydrogens is 268 g/mol. The Morgan fingerprint density at radius 3 is 2.48 bits per heavy atom. The fraction of sp³-hybridized carbons (Fsp3) is 0.875. The van der Waals surface area contributed by atoms with Crippen LogP contribution in [0, 0.1) is 11.8 Å². The lowest BCUT2D eigenvalue weighted by Gasteiger charge is -2.21. The predicted molar refractivity (Wildman–Crippen MR) is 80.7 cm³/mol. The van der Waals surface area contributed by atoms with E-state index in [1.54, 1.807) is 0 Å². The Hall–Kier alpha value is -1.10. The van der Waals surface area contributed by atoms with Crippen molar-refractivity contribution < 1.29 is 14.3 Å². The second kappa shape index (κ2) is 7.78. The van der Waals surface area contributed by atoms with Crippen LogP contribution in [0.3, 0.4) is 0 Å². The summed E-state index contributed by atoms with van der Waals surface area (Å²) in [5, 5.41) is 2.94. The summed E-state index contributed by atoms with van der Waals surface area (Å²) in [6.07, 6.45) is 4.91. The third-order valence-electron chi connectivity index (χ3n) is 4.27. The Balaban J connectivity index is 1.73. The Bertz CT molecular complexity index is 361. The maximum Gasteiger partial charge on any atom is 0.226 e. The van der Waals surface area contributed by atoms with Crippen LogP contribution in [0.1, 0.15) is 46.0 Å². The van der Waals surface area contributed by atoms with Crippen LogP contribution in [-0.4, -0.2) is 49.1 Å². The van der Waals surface area contributed by atoms with Crippen LogP contribution in [0.25, 0.3) is 0 Å². The van der Waals surface area contributed by atoms with Gasteiger partial charge in [-0.2, -0.15) is 0 Å². The molecule has 0 spiro atoms. The molecule has 120 valence electrons. The van der Waals surface area contributed by atoms with Gasteiger partial charge < -0.3 is 15.0 Å². The molecule has 0 radical (unpaired) electrons. The lowest BCUT2D eigenvalue weighted by molar-refractivity contribution is -0.134. The zero-order valence-electron chi connectivity index (χ0n) is 13.3. The normalized spacial score (nSPS) is 27.4.